The molecule has 0 unspecified atom stereocenters. The standard InChI is InChI=1S/C23H30N4O/c1-18-11-15-26(16-12-18)21-8-6-20(7-9-21)25-23(28)19-5-10-22(24-17-19)27-13-3-2-4-14-27/h5-10,17-18H,2-4,11-16H2,1H3,(H,25,28). The van der Waals surface area contributed by atoms with E-state index < -0.39 is 0 Å². The van der Waals surface area contributed by atoms with E-state index in [9.17, 15) is 4.79 Å². The first-order chi connectivity index (χ1) is 13.7. The van der Waals surface area contributed by atoms with Gasteiger partial charge in [-0.3, -0.25) is 4.79 Å². The van der Waals surface area contributed by atoms with Gasteiger partial charge < -0.3 is 15.1 Å². The van der Waals surface area contributed by atoms with Crippen molar-refractivity contribution in [2.45, 2.75) is 39.0 Å². The third-order valence-corrected chi connectivity index (χ3v) is 5.96. The quantitative estimate of drug-likeness (QED) is 0.847. The van der Waals surface area contributed by atoms with Crippen LogP contribution in [-0.4, -0.2) is 37.1 Å². The van der Waals surface area contributed by atoms with Gasteiger partial charge in [-0.05, 0) is 74.4 Å². The third kappa shape index (κ3) is 4.46. The smallest absolute Gasteiger partial charge is 0.257 e. The third-order valence-electron chi connectivity index (χ3n) is 5.96. The molecule has 2 aliphatic rings. The number of nitrogens with zero attached hydrogens (tertiary/aromatic N) is 3. The molecule has 0 spiro atoms. The minimum absolute atomic E-state index is 0.114. The summed E-state index contributed by atoms with van der Waals surface area (Å²) in [5.41, 5.74) is 2.64. The Balaban J connectivity index is 1.35. The van der Waals surface area contributed by atoms with Crippen LogP contribution in [0.1, 0.15) is 49.4 Å². The lowest BCUT2D eigenvalue weighted by molar-refractivity contribution is 0.102. The van der Waals surface area contributed by atoms with Crippen molar-refractivity contribution in [3.63, 3.8) is 0 Å². The van der Waals surface area contributed by atoms with E-state index in [2.05, 4.69) is 39.2 Å². The van der Waals surface area contributed by atoms with Crippen molar-refractivity contribution >= 4 is 23.1 Å². The lowest BCUT2D eigenvalue weighted by atomic mass is 9.99. The first-order valence-electron chi connectivity index (χ1n) is 10.6. The second-order valence-electron chi connectivity index (χ2n) is 8.12. The molecule has 0 aliphatic carbocycles. The van der Waals surface area contributed by atoms with Gasteiger partial charge in [0.05, 0.1) is 5.56 Å². The summed E-state index contributed by atoms with van der Waals surface area (Å²) in [6.07, 6.45) is 7.92. The maximum atomic E-state index is 12.5. The molecule has 4 rings (SSSR count). The lowest BCUT2D eigenvalue weighted by Gasteiger charge is -2.32. The van der Waals surface area contributed by atoms with Crippen molar-refractivity contribution in [1.29, 1.82) is 0 Å². The number of pyridine rings is 1. The van der Waals surface area contributed by atoms with Gasteiger partial charge in [-0.1, -0.05) is 6.92 Å². The second-order valence-corrected chi connectivity index (χ2v) is 8.12. The van der Waals surface area contributed by atoms with Crippen molar-refractivity contribution < 1.29 is 4.79 Å². The van der Waals surface area contributed by atoms with Crippen LogP contribution in [0.15, 0.2) is 42.6 Å². The average Bonchev–Trinajstić information content (AvgIpc) is 2.76. The number of anilines is 3. The molecule has 1 aromatic carbocycles. The van der Waals surface area contributed by atoms with Crippen LogP contribution in [0.4, 0.5) is 17.2 Å². The molecule has 2 saturated heterocycles. The number of benzene rings is 1. The van der Waals surface area contributed by atoms with Crippen molar-refractivity contribution in [2.75, 3.05) is 41.3 Å². The predicted octanol–water partition coefficient (Wildman–Crippen LogP) is 4.56. The van der Waals surface area contributed by atoms with E-state index in [-0.39, 0.29) is 5.91 Å². The monoisotopic (exact) mass is 378 g/mol. The first-order valence-corrected chi connectivity index (χ1v) is 10.6. The van der Waals surface area contributed by atoms with Crippen LogP contribution in [0, 0.1) is 5.92 Å². The molecule has 0 radical (unpaired) electrons. The zero-order valence-electron chi connectivity index (χ0n) is 16.7. The molecule has 1 aromatic heterocycles. The highest BCUT2D eigenvalue weighted by Crippen LogP contribution is 2.24. The summed E-state index contributed by atoms with van der Waals surface area (Å²) in [4.78, 5) is 21.8. The van der Waals surface area contributed by atoms with Gasteiger partial charge in [-0.2, -0.15) is 0 Å². The van der Waals surface area contributed by atoms with Gasteiger partial charge in [0.25, 0.3) is 5.91 Å². The fraction of sp³-hybridized carbons (Fsp3) is 0.478. The number of carbonyl (C=O) groups excluding carboxylic acids is 1. The Bertz CT molecular complexity index is 773. The average molecular weight is 379 g/mol. The molecule has 3 heterocycles. The van der Waals surface area contributed by atoms with Gasteiger partial charge >= 0.3 is 0 Å². The second kappa shape index (κ2) is 8.63. The van der Waals surface area contributed by atoms with E-state index in [1.165, 1.54) is 37.8 Å². The van der Waals surface area contributed by atoms with E-state index in [0.717, 1.165) is 43.6 Å². The number of aromatic nitrogens is 1. The molecule has 5 nitrogen and oxygen atoms in total. The van der Waals surface area contributed by atoms with E-state index >= 15 is 0 Å². The van der Waals surface area contributed by atoms with Crippen LogP contribution in [-0.2, 0) is 0 Å². The zero-order chi connectivity index (χ0) is 19.3. The van der Waals surface area contributed by atoms with Crippen molar-refractivity contribution in [1.82, 2.24) is 4.98 Å². The Hall–Kier alpha value is -2.56. The van der Waals surface area contributed by atoms with E-state index in [1.54, 1.807) is 6.20 Å². The topological polar surface area (TPSA) is 48.5 Å². The molecule has 1 amide bonds. The maximum absolute atomic E-state index is 12.5. The van der Waals surface area contributed by atoms with Crippen molar-refractivity contribution in [2.24, 2.45) is 5.92 Å². The molecule has 0 saturated carbocycles. The molecule has 2 aliphatic heterocycles. The summed E-state index contributed by atoms with van der Waals surface area (Å²) in [7, 11) is 0. The SMILES string of the molecule is CC1CCN(c2ccc(NC(=O)c3ccc(N4CCCCC4)nc3)cc2)CC1. The number of hydrogen-bond donors (Lipinski definition) is 1. The molecular formula is C23H30N4O. The van der Waals surface area contributed by atoms with Crippen LogP contribution in [0.3, 0.4) is 0 Å². The number of hydrogen-bond acceptors (Lipinski definition) is 4. The number of nitrogens with one attached hydrogen (secondary N) is 1. The normalized spacial score (nSPS) is 18.2. The summed E-state index contributed by atoms with van der Waals surface area (Å²) in [5, 5.41) is 2.98. The number of piperidine rings is 2. The number of carbonyl (C=O) groups is 1. The molecule has 148 valence electrons. The first kappa shape index (κ1) is 18.8. The van der Waals surface area contributed by atoms with Gasteiger partial charge in [0.1, 0.15) is 5.82 Å². The minimum atomic E-state index is -0.114. The lowest BCUT2D eigenvalue weighted by Crippen LogP contribution is -2.32. The van der Waals surface area contributed by atoms with Crippen molar-refractivity contribution in [3.8, 4) is 0 Å². The van der Waals surface area contributed by atoms with E-state index in [0.29, 0.717) is 5.56 Å². The molecule has 2 fully saturated rings. The Morgan fingerprint density at radius 1 is 0.929 bits per heavy atom. The minimum Gasteiger partial charge on any atom is -0.372 e. The van der Waals surface area contributed by atoms with Crippen LogP contribution in [0.25, 0.3) is 0 Å². The Kier molecular flexibility index (Phi) is 5.79. The zero-order valence-corrected chi connectivity index (χ0v) is 16.7. The summed E-state index contributed by atoms with van der Waals surface area (Å²) in [5.74, 6) is 1.68. The van der Waals surface area contributed by atoms with Gasteiger partial charge in [0.2, 0.25) is 0 Å². The van der Waals surface area contributed by atoms with E-state index in [4.69, 9.17) is 0 Å². The highest BCUT2D eigenvalue weighted by atomic mass is 16.1. The highest BCUT2D eigenvalue weighted by Gasteiger charge is 2.16. The van der Waals surface area contributed by atoms with E-state index in [1.807, 2.05) is 24.3 Å². The molecule has 0 bridgehead atoms. The Labute approximate surface area is 167 Å². The molecule has 0 atom stereocenters. The summed E-state index contributed by atoms with van der Waals surface area (Å²) >= 11 is 0. The number of rotatable bonds is 4. The summed E-state index contributed by atoms with van der Waals surface area (Å²) in [6, 6.07) is 12.0. The number of amides is 1. The maximum Gasteiger partial charge on any atom is 0.257 e. The highest BCUT2D eigenvalue weighted by molar-refractivity contribution is 6.04. The van der Waals surface area contributed by atoms with Crippen LogP contribution in [0.5, 0.6) is 0 Å². The predicted molar refractivity (Wildman–Crippen MR) is 115 cm³/mol. The van der Waals surface area contributed by atoms with Crippen molar-refractivity contribution in [3.05, 3.63) is 48.2 Å². The van der Waals surface area contributed by atoms with Gasteiger partial charge in [-0.25, -0.2) is 4.98 Å². The molecule has 5 heteroatoms. The van der Waals surface area contributed by atoms with Gasteiger partial charge in [0.15, 0.2) is 0 Å². The Morgan fingerprint density at radius 3 is 2.29 bits per heavy atom. The summed E-state index contributed by atoms with van der Waals surface area (Å²) < 4.78 is 0. The van der Waals surface area contributed by atoms with Crippen LogP contribution < -0.4 is 15.1 Å². The Morgan fingerprint density at radius 2 is 1.64 bits per heavy atom. The molecule has 2 aromatic rings. The molecule has 1 N–H and O–H groups in total. The van der Waals surface area contributed by atoms with Crippen LogP contribution >= 0.6 is 0 Å². The fourth-order valence-corrected chi connectivity index (χ4v) is 4.06. The van der Waals surface area contributed by atoms with Gasteiger partial charge in [-0.15, -0.1) is 0 Å². The largest absolute Gasteiger partial charge is 0.372 e. The summed E-state index contributed by atoms with van der Waals surface area (Å²) in [6.45, 7) is 6.66. The van der Waals surface area contributed by atoms with Gasteiger partial charge in [0, 0.05) is 43.8 Å². The fourth-order valence-electron chi connectivity index (χ4n) is 4.06. The molecule has 28 heavy (non-hydrogen) atoms. The van der Waals surface area contributed by atoms with Crippen LogP contribution in [0.2, 0.25) is 0 Å². The molecular weight excluding hydrogens is 348 g/mol.